The molecular weight excluding hydrogens is 452 g/mol. The van der Waals surface area contributed by atoms with Gasteiger partial charge in [-0.1, -0.05) is 73.5 Å². The number of carbonyl (C=O) groups excluding carboxylic acids is 1. The molecule has 0 aromatic heterocycles. The summed E-state index contributed by atoms with van der Waals surface area (Å²) in [5, 5.41) is 8.96. The van der Waals surface area contributed by atoms with Crippen molar-refractivity contribution in [1.29, 1.82) is 0 Å². The van der Waals surface area contributed by atoms with Gasteiger partial charge >= 0.3 is 6.09 Å². The highest BCUT2D eigenvalue weighted by Gasteiger charge is 2.30. The van der Waals surface area contributed by atoms with Crippen LogP contribution in [0.4, 0.5) is 4.79 Å². The van der Waals surface area contributed by atoms with Crippen LogP contribution in [0, 0.1) is 0 Å². The summed E-state index contributed by atoms with van der Waals surface area (Å²) in [6.07, 6.45) is 8.53. The molecular formula is C30H44N2O4. The van der Waals surface area contributed by atoms with E-state index in [0.29, 0.717) is 13.2 Å². The number of rotatable bonds is 15. The molecule has 0 heterocycles. The second-order valence-corrected chi connectivity index (χ2v) is 9.90. The predicted octanol–water partition coefficient (Wildman–Crippen LogP) is 5.64. The van der Waals surface area contributed by atoms with E-state index in [4.69, 9.17) is 14.6 Å². The number of carbonyl (C=O) groups is 1. The van der Waals surface area contributed by atoms with E-state index >= 15 is 0 Å². The lowest BCUT2D eigenvalue weighted by Crippen LogP contribution is -2.43. The summed E-state index contributed by atoms with van der Waals surface area (Å²) in [4.78, 5) is 17.2. The number of ether oxygens (including phenoxy) is 2. The van der Waals surface area contributed by atoms with Crippen molar-refractivity contribution in [3.8, 4) is 0 Å². The lowest BCUT2D eigenvalue weighted by Gasteiger charge is -2.36. The van der Waals surface area contributed by atoms with Gasteiger partial charge in [-0.25, -0.2) is 4.79 Å². The molecule has 36 heavy (non-hydrogen) atoms. The molecule has 198 valence electrons. The third-order valence-corrected chi connectivity index (χ3v) is 6.99. The molecule has 0 unspecified atom stereocenters. The van der Waals surface area contributed by atoms with E-state index in [1.54, 1.807) is 0 Å². The minimum atomic E-state index is -0.239. The third-order valence-electron chi connectivity index (χ3n) is 6.99. The Bertz CT molecular complexity index is 841. The zero-order chi connectivity index (χ0) is 25.4. The second kappa shape index (κ2) is 16.4. The molecule has 0 atom stereocenters. The molecule has 6 heteroatoms. The topological polar surface area (TPSA) is 62.2 Å². The van der Waals surface area contributed by atoms with Gasteiger partial charge in [-0.2, -0.15) is 0 Å². The quantitative estimate of drug-likeness (QED) is 0.324. The first-order chi connectivity index (χ1) is 17.7. The van der Waals surface area contributed by atoms with Crippen LogP contribution in [0.25, 0.3) is 0 Å². The van der Waals surface area contributed by atoms with Gasteiger partial charge in [0.15, 0.2) is 0 Å². The molecule has 1 aliphatic rings. The Morgan fingerprint density at radius 1 is 0.861 bits per heavy atom. The second-order valence-electron chi connectivity index (χ2n) is 9.90. The van der Waals surface area contributed by atoms with Crippen molar-refractivity contribution >= 4 is 6.09 Å². The van der Waals surface area contributed by atoms with Crippen LogP contribution in [-0.2, 0) is 22.6 Å². The molecule has 0 bridgehead atoms. The van der Waals surface area contributed by atoms with Gasteiger partial charge in [0.1, 0.15) is 6.61 Å². The summed E-state index contributed by atoms with van der Waals surface area (Å²) in [7, 11) is 2.06. The first-order valence-corrected chi connectivity index (χ1v) is 13.6. The van der Waals surface area contributed by atoms with E-state index in [1.165, 1.54) is 19.3 Å². The molecule has 0 aliphatic heterocycles. The third kappa shape index (κ3) is 10.3. The molecule has 1 N–H and O–H groups in total. The fourth-order valence-electron chi connectivity index (χ4n) is 4.82. The van der Waals surface area contributed by atoms with Crippen molar-refractivity contribution in [2.24, 2.45) is 0 Å². The van der Waals surface area contributed by atoms with Crippen molar-refractivity contribution in [3.05, 3.63) is 71.8 Å². The standard InChI is InChI=1S/C30H44N2O4/c1-31(21-22-33)20-10-2-3-11-23-35-29-18-16-28(17-19-29)32(24-26-12-6-4-7-13-26)30(34)36-25-27-14-8-5-9-15-27/h4-9,12-15,28-29,33H,2-3,10-11,16-25H2,1H3. The average molecular weight is 497 g/mol. The van der Waals surface area contributed by atoms with Crippen molar-refractivity contribution < 1.29 is 19.4 Å². The maximum absolute atomic E-state index is 13.1. The van der Waals surface area contributed by atoms with Gasteiger partial charge in [-0.3, -0.25) is 0 Å². The first kappa shape index (κ1) is 28.2. The Labute approximate surface area is 217 Å². The number of unbranched alkanes of at least 4 members (excludes halogenated alkanes) is 3. The summed E-state index contributed by atoms with van der Waals surface area (Å²) in [6.45, 7) is 3.69. The van der Waals surface area contributed by atoms with Gasteiger partial charge in [0.2, 0.25) is 0 Å². The summed E-state index contributed by atoms with van der Waals surface area (Å²) in [5.74, 6) is 0. The highest BCUT2D eigenvalue weighted by molar-refractivity contribution is 5.68. The number of benzene rings is 2. The van der Waals surface area contributed by atoms with E-state index in [1.807, 2.05) is 53.4 Å². The normalized spacial score (nSPS) is 17.8. The Hall–Kier alpha value is -2.41. The van der Waals surface area contributed by atoms with Crippen LogP contribution in [0.2, 0.25) is 0 Å². The summed E-state index contributed by atoms with van der Waals surface area (Å²) >= 11 is 0. The van der Waals surface area contributed by atoms with Crippen LogP contribution in [-0.4, -0.2) is 66.5 Å². The number of aliphatic hydroxyl groups is 1. The van der Waals surface area contributed by atoms with Gasteiger partial charge in [-0.05, 0) is 63.2 Å². The monoisotopic (exact) mass is 496 g/mol. The fourth-order valence-corrected chi connectivity index (χ4v) is 4.82. The number of nitrogens with zero attached hydrogens (tertiary/aromatic N) is 2. The van der Waals surface area contributed by atoms with E-state index in [-0.39, 0.29) is 24.8 Å². The van der Waals surface area contributed by atoms with Crippen LogP contribution in [0.3, 0.4) is 0 Å². The van der Waals surface area contributed by atoms with E-state index < -0.39 is 0 Å². The molecule has 3 rings (SSSR count). The van der Waals surface area contributed by atoms with Crippen molar-refractivity contribution in [1.82, 2.24) is 9.80 Å². The van der Waals surface area contributed by atoms with Crippen molar-refractivity contribution in [2.75, 3.05) is 33.4 Å². The zero-order valence-corrected chi connectivity index (χ0v) is 21.9. The Morgan fingerprint density at radius 2 is 1.50 bits per heavy atom. The lowest BCUT2D eigenvalue weighted by atomic mass is 9.91. The average Bonchev–Trinajstić information content (AvgIpc) is 2.91. The van der Waals surface area contributed by atoms with Crippen LogP contribution in [0.15, 0.2) is 60.7 Å². The molecule has 0 radical (unpaired) electrons. The first-order valence-electron chi connectivity index (χ1n) is 13.6. The van der Waals surface area contributed by atoms with E-state index in [0.717, 1.165) is 62.9 Å². The zero-order valence-electron chi connectivity index (χ0n) is 21.9. The van der Waals surface area contributed by atoms with Gasteiger partial charge in [0.05, 0.1) is 12.7 Å². The number of hydrogen-bond acceptors (Lipinski definition) is 5. The van der Waals surface area contributed by atoms with Gasteiger partial charge in [0.25, 0.3) is 0 Å². The van der Waals surface area contributed by atoms with Gasteiger partial charge < -0.3 is 24.4 Å². The Kier molecular flexibility index (Phi) is 12.8. The predicted molar refractivity (Wildman–Crippen MR) is 144 cm³/mol. The van der Waals surface area contributed by atoms with Crippen LogP contribution in [0.1, 0.15) is 62.5 Å². The molecule has 0 saturated heterocycles. The van der Waals surface area contributed by atoms with Crippen LogP contribution >= 0.6 is 0 Å². The number of likely N-dealkylation sites (N-methyl/N-ethyl adjacent to an activating group) is 1. The van der Waals surface area contributed by atoms with Crippen LogP contribution < -0.4 is 0 Å². The van der Waals surface area contributed by atoms with Crippen molar-refractivity contribution in [3.63, 3.8) is 0 Å². The van der Waals surface area contributed by atoms with Crippen LogP contribution in [0.5, 0.6) is 0 Å². The minimum Gasteiger partial charge on any atom is -0.445 e. The van der Waals surface area contributed by atoms with Gasteiger partial charge in [-0.15, -0.1) is 0 Å². The molecule has 1 aliphatic carbocycles. The fraction of sp³-hybridized carbons (Fsp3) is 0.567. The van der Waals surface area contributed by atoms with E-state index in [2.05, 4.69) is 24.1 Å². The summed E-state index contributed by atoms with van der Waals surface area (Å²) in [6, 6.07) is 20.2. The molecule has 0 spiro atoms. The summed E-state index contributed by atoms with van der Waals surface area (Å²) in [5.41, 5.74) is 2.12. The maximum atomic E-state index is 13.1. The Morgan fingerprint density at radius 3 is 2.17 bits per heavy atom. The SMILES string of the molecule is CN(CCO)CCCCCCOC1CCC(N(Cc2ccccc2)C(=O)OCc2ccccc2)CC1. The summed E-state index contributed by atoms with van der Waals surface area (Å²) < 4.78 is 11.9. The minimum absolute atomic E-state index is 0.171. The molecule has 1 fully saturated rings. The molecule has 6 nitrogen and oxygen atoms in total. The smallest absolute Gasteiger partial charge is 0.410 e. The van der Waals surface area contributed by atoms with Crippen molar-refractivity contribution in [2.45, 2.75) is 76.7 Å². The molecule has 2 aromatic carbocycles. The largest absolute Gasteiger partial charge is 0.445 e. The Balaban J connectivity index is 1.40. The number of hydrogen-bond donors (Lipinski definition) is 1. The lowest BCUT2D eigenvalue weighted by molar-refractivity contribution is 0.00194. The molecule has 1 amide bonds. The van der Waals surface area contributed by atoms with E-state index in [9.17, 15) is 4.79 Å². The highest BCUT2D eigenvalue weighted by atomic mass is 16.6. The molecule has 1 saturated carbocycles. The van der Waals surface area contributed by atoms with Gasteiger partial charge in [0, 0.05) is 25.7 Å². The highest BCUT2D eigenvalue weighted by Crippen LogP contribution is 2.27. The number of amides is 1. The maximum Gasteiger partial charge on any atom is 0.410 e. The molecule has 2 aromatic rings. The number of aliphatic hydroxyl groups excluding tert-OH is 1.